The molecule has 0 bridgehead atoms. The molecule has 0 unspecified atom stereocenters. The summed E-state index contributed by atoms with van der Waals surface area (Å²) in [6.07, 6.45) is 8.41. The largest absolute Gasteiger partial charge is 0.444 e. The van der Waals surface area contributed by atoms with Crippen molar-refractivity contribution in [1.29, 1.82) is 0 Å². The van der Waals surface area contributed by atoms with Gasteiger partial charge >= 0.3 is 0 Å². The summed E-state index contributed by atoms with van der Waals surface area (Å²) in [5.41, 5.74) is 2.84. The Morgan fingerprint density at radius 3 is 2.58 bits per heavy atom. The van der Waals surface area contributed by atoms with E-state index >= 15 is 0 Å². The summed E-state index contributed by atoms with van der Waals surface area (Å²) < 4.78 is 5.23. The highest BCUT2D eigenvalue weighted by Gasteiger charge is 2.00. The van der Waals surface area contributed by atoms with E-state index in [0.29, 0.717) is 0 Å². The molecular formula is C15H11N3O. The highest BCUT2D eigenvalue weighted by Crippen LogP contribution is 2.21. The Morgan fingerprint density at radius 2 is 1.89 bits per heavy atom. The molecule has 3 aromatic rings. The summed E-state index contributed by atoms with van der Waals surface area (Å²) in [5, 5.41) is 0. The molecule has 1 aromatic carbocycles. The first-order valence-corrected chi connectivity index (χ1v) is 5.85. The molecule has 0 saturated heterocycles. The average molecular weight is 249 g/mol. The Labute approximate surface area is 110 Å². The van der Waals surface area contributed by atoms with E-state index in [1.807, 2.05) is 36.4 Å². The van der Waals surface area contributed by atoms with Gasteiger partial charge in [-0.05, 0) is 30.3 Å². The topological polar surface area (TPSA) is 51.3 Å². The zero-order valence-corrected chi connectivity index (χ0v) is 10.1. The van der Waals surface area contributed by atoms with E-state index in [4.69, 9.17) is 4.42 Å². The molecule has 3 rings (SSSR count). The molecular weight excluding hydrogens is 238 g/mol. The molecule has 2 aromatic heterocycles. The highest BCUT2D eigenvalue weighted by atomic mass is 16.3. The summed E-state index contributed by atoms with van der Waals surface area (Å²) in [5.74, 6) is 0.753. The van der Waals surface area contributed by atoms with Gasteiger partial charge in [0, 0.05) is 29.7 Å². The molecule has 0 aliphatic heterocycles. The minimum Gasteiger partial charge on any atom is -0.444 e. The van der Waals surface area contributed by atoms with Gasteiger partial charge in [-0.3, -0.25) is 9.98 Å². The van der Waals surface area contributed by atoms with Crippen molar-refractivity contribution in [3.63, 3.8) is 0 Å². The van der Waals surface area contributed by atoms with Crippen molar-refractivity contribution < 1.29 is 4.42 Å². The molecule has 92 valence electrons. The van der Waals surface area contributed by atoms with Crippen molar-refractivity contribution in [2.24, 2.45) is 4.99 Å². The van der Waals surface area contributed by atoms with Crippen LogP contribution in [0.5, 0.6) is 0 Å². The van der Waals surface area contributed by atoms with Gasteiger partial charge < -0.3 is 4.42 Å². The Bertz CT molecular complexity index is 658. The molecule has 2 heterocycles. The van der Waals surface area contributed by atoms with E-state index in [0.717, 1.165) is 22.6 Å². The van der Waals surface area contributed by atoms with Crippen molar-refractivity contribution in [3.05, 3.63) is 66.9 Å². The van der Waals surface area contributed by atoms with Crippen LogP contribution >= 0.6 is 0 Å². The molecule has 0 amide bonds. The number of oxazole rings is 1. The lowest BCUT2D eigenvalue weighted by atomic mass is 10.2. The van der Waals surface area contributed by atoms with Gasteiger partial charge in [0.1, 0.15) is 0 Å². The van der Waals surface area contributed by atoms with Crippen molar-refractivity contribution >= 4 is 11.9 Å². The van der Waals surface area contributed by atoms with Crippen LogP contribution in [-0.4, -0.2) is 16.2 Å². The number of aromatic nitrogens is 2. The summed E-state index contributed by atoms with van der Waals surface area (Å²) >= 11 is 0. The van der Waals surface area contributed by atoms with Crippen molar-refractivity contribution in [1.82, 2.24) is 9.97 Å². The third-order valence-electron chi connectivity index (χ3n) is 2.63. The predicted molar refractivity (Wildman–Crippen MR) is 73.4 cm³/mol. The monoisotopic (exact) mass is 249 g/mol. The number of aliphatic imine (C=N–C) groups is 1. The molecule has 4 nitrogen and oxygen atoms in total. The van der Waals surface area contributed by atoms with Crippen LogP contribution in [0.15, 0.2) is 70.8 Å². The van der Waals surface area contributed by atoms with Gasteiger partial charge in [0.15, 0.2) is 12.2 Å². The Hall–Kier alpha value is -2.75. The molecule has 0 aliphatic carbocycles. The van der Waals surface area contributed by atoms with E-state index in [9.17, 15) is 0 Å². The standard InChI is InChI=1S/C15H11N3O/c1-2-12(8-16-7-1)9-18-14-5-3-13(4-6-14)15-10-17-11-19-15/h1-11H. The summed E-state index contributed by atoms with van der Waals surface area (Å²) in [6.45, 7) is 0. The Morgan fingerprint density at radius 1 is 1.00 bits per heavy atom. The van der Waals surface area contributed by atoms with Crippen LogP contribution in [0.3, 0.4) is 0 Å². The SMILES string of the molecule is C(=Nc1ccc(-c2cnco2)cc1)c1cccnc1. The Balaban J connectivity index is 1.78. The number of pyridine rings is 1. The number of hydrogen-bond donors (Lipinski definition) is 0. The second kappa shape index (κ2) is 5.27. The Kier molecular flexibility index (Phi) is 3.14. The normalized spacial score (nSPS) is 10.9. The molecule has 19 heavy (non-hydrogen) atoms. The maximum absolute atomic E-state index is 5.23. The third kappa shape index (κ3) is 2.74. The highest BCUT2D eigenvalue weighted by molar-refractivity contribution is 5.81. The van der Waals surface area contributed by atoms with Crippen molar-refractivity contribution in [3.8, 4) is 11.3 Å². The minimum absolute atomic E-state index is 0.753. The molecule has 0 atom stereocenters. The summed E-state index contributed by atoms with van der Waals surface area (Å²) in [6, 6.07) is 11.6. The fourth-order valence-corrected chi connectivity index (χ4v) is 1.67. The van der Waals surface area contributed by atoms with E-state index < -0.39 is 0 Å². The average Bonchev–Trinajstić information content (AvgIpc) is 3.01. The number of hydrogen-bond acceptors (Lipinski definition) is 4. The van der Waals surface area contributed by atoms with Crippen LogP contribution in [0.4, 0.5) is 5.69 Å². The molecule has 0 N–H and O–H groups in total. The molecule has 0 fully saturated rings. The van der Waals surface area contributed by atoms with E-state index in [2.05, 4.69) is 15.0 Å². The maximum atomic E-state index is 5.23. The lowest BCUT2D eigenvalue weighted by Gasteiger charge is -1.97. The minimum atomic E-state index is 0.753. The first-order valence-electron chi connectivity index (χ1n) is 5.85. The second-order valence-electron chi connectivity index (χ2n) is 3.96. The van der Waals surface area contributed by atoms with Crippen molar-refractivity contribution in [2.75, 3.05) is 0 Å². The van der Waals surface area contributed by atoms with E-state index in [1.54, 1.807) is 24.8 Å². The fourth-order valence-electron chi connectivity index (χ4n) is 1.67. The first-order chi connectivity index (χ1) is 9.42. The third-order valence-corrected chi connectivity index (χ3v) is 2.63. The first kappa shape index (κ1) is 11.3. The lowest BCUT2D eigenvalue weighted by molar-refractivity contribution is 0.572. The molecule has 0 spiro atoms. The fraction of sp³-hybridized carbons (Fsp3) is 0. The number of nitrogens with zero attached hydrogens (tertiary/aromatic N) is 3. The van der Waals surface area contributed by atoms with Crippen LogP contribution in [0, 0.1) is 0 Å². The number of benzene rings is 1. The predicted octanol–water partition coefficient (Wildman–Crippen LogP) is 3.49. The summed E-state index contributed by atoms with van der Waals surface area (Å²) in [7, 11) is 0. The van der Waals surface area contributed by atoms with Gasteiger partial charge in [-0.15, -0.1) is 0 Å². The van der Waals surface area contributed by atoms with E-state index in [-0.39, 0.29) is 0 Å². The van der Waals surface area contributed by atoms with Crippen LogP contribution < -0.4 is 0 Å². The molecule has 0 saturated carbocycles. The molecule has 4 heteroatoms. The van der Waals surface area contributed by atoms with Crippen LogP contribution in [0.1, 0.15) is 5.56 Å². The van der Waals surface area contributed by atoms with Gasteiger partial charge in [-0.2, -0.15) is 0 Å². The van der Waals surface area contributed by atoms with Gasteiger partial charge in [-0.1, -0.05) is 6.07 Å². The zero-order chi connectivity index (χ0) is 12.9. The lowest BCUT2D eigenvalue weighted by Crippen LogP contribution is -1.80. The second-order valence-corrected chi connectivity index (χ2v) is 3.96. The van der Waals surface area contributed by atoms with Gasteiger partial charge in [0.25, 0.3) is 0 Å². The quantitative estimate of drug-likeness (QED) is 0.667. The van der Waals surface area contributed by atoms with Crippen LogP contribution in [0.25, 0.3) is 11.3 Å². The zero-order valence-electron chi connectivity index (χ0n) is 10.1. The smallest absolute Gasteiger partial charge is 0.181 e. The molecule has 0 aliphatic rings. The molecule has 0 radical (unpaired) electrons. The van der Waals surface area contributed by atoms with Gasteiger partial charge in [-0.25, -0.2) is 4.98 Å². The summed E-state index contributed by atoms with van der Waals surface area (Å²) in [4.78, 5) is 12.3. The van der Waals surface area contributed by atoms with E-state index in [1.165, 1.54) is 6.39 Å². The maximum Gasteiger partial charge on any atom is 0.181 e. The number of rotatable bonds is 3. The van der Waals surface area contributed by atoms with Crippen LogP contribution in [-0.2, 0) is 0 Å². The van der Waals surface area contributed by atoms with Crippen molar-refractivity contribution in [2.45, 2.75) is 0 Å². The van der Waals surface area contributed by atoms with Gasteiger partial charge in [0.2, 0.25) is 0 Å². The van der Waals surface area contributed by atoms with Gasteiger partial charge in [0.05, 0.1) is 11.9 Å². The van der Waals surface area contributed by atoms with Crippen LogP contribution in [0.2, 0.25) is 0 Å².